The van der Waals surface area contributed by atoms with Crippen LogP contribution in [-0.2, 0) is 23.7 Å². The van der Waals surface area contributed by atoms with E-state index in [0.717, 1.165) is 0 Å². The van der Waals surface area contributed by atoms with Crippen LogP contribution < -0.4 is 0 Å². The summed E-state index contributed by atoms with van der Waals surface area (Å²) in [6, 6.07) is 0. The molecule has 0 aromatic rings. The summed E-state index contributed by atoms with van der Waals surface area (Å²) in [5.74, 6) is -1.12. The molecular formula is C11H18O6. The number of fused-ring (bicyclic) bond motifs is 1. The van der Waals surface area contributed by atoms with Crippen LogP contribution in [0.15, 0.2) is 0 Å². The van der Waals surface area contributed by atoms with Gasteiger partial charge in [0.25, 0.3) is 0 Å². The Morgan fingerprint density at radius 1 is 1.41 bits per heavy atom. The van der Waals surface area contributed by atoms with Crippen molar-refractivity contribution in [2.45, 2.75) is 51.0 Å². The highest BCUT2D eigenvalue weighted by molar-refractivity contribution is 5.65. The zero-order chi connectivity index (χ0) is 12.6. The number of ether oxygens (including phenoxy) is 4. The van der Waals surface area contributed by atoms with Gasteiger partial charge < -0.3 is 24.1 Å². The van der Waals surface area contributed by atoms with Crippen molar-refractivity contribution < 1.29 is 28.8 Å². The molecule has 4 atom stereocenters. The van der Waals surface area contributed by atoms with E-state index in [9.17, 15) is 9.90 Å². The second kappa shape index (κ2) is 4.53. The van der Waals surface area contributed by atoms with E-state index in [1.165, 1.54) is 6.92 Å². The lowest BCUT2D eigenvalue weighted by atomic mass is 10.0. The second-order valence-corrected chi connectivity index (χ2v) is 4.81. The standard InChI is InChI=1S/C11H18O6/c1-6(12)14-5-8-10-9(7(13)4-15-8)16-11(2,3)17-10/h7-10,13H,4-5H2,1-3H3/t7-,8+,9+,10-/m0/s1. The third-order valence-electron chi connectivity index (χ3n) is 2.84. The monoisotopic (exact) mass is 246 g/mol. The Labute approximate surface area is 99.8 Å². The van der Waals surface area contributed by atoms with E-state index in [4.69, 9.17) is 18.9 Å². The quantitative estimate of drug-likeness (QED) is 0.682. The molecule has 0 aromatic carbocycles. The van der Waals surface area contributed by atoms with Gasteiger partial charge in [-0.3, -0.25) is 4.79 Å². The number of hydrogen-bond donors (Lipinski definition) is 1. The van der Waals surface area contributed by atoms with Crippen LogP contribution in [0.25, 0.3) is 0 Å². The fourth-order valence-corrected chi connectivity index (χ4v) is 2.16. The van der Waals surface area contributed by atoms with Crippen molar-refractivity contribution in [2.75, 3.05) is 13.2 Å². The first-order valence-corrected chi connectivity index (χ1v) is 5.68. The minimum Gasteiger partial charge on any atom is -0.463 e. The minimum absolute atomic E-state index is 0.114. The maximum Gasteiger partial charge on any atom is 0.302 e. The molecule has 17 heavy (non-hydrogen) atoms. The van der Waals surface area contributed by atoms with E-state index in [-0.39, 0.29) is 19.2 Å². The smallest absolute Gasteiger partial charge is 0.302 e. The van der Waals surface area contributed by atoms with Crippen LogP contribution in [-0.4, -0.2) is 54.5 Å². The molecule has 0 unspecified atom stereocenters. The van der Waals surface area contributed by atoms with Crippen molar-refractivity contribution in [3.8, 4) is 0 Å². The molecule has 0 aliphatic carbocycles. The molecular weight excluding hydrogens is 228 g/mol. The highest BCUT2D eigenvalue weighted by atomic mass is 16.8. The molecule has 1 N–H and O–H groups in total. The van der Waals surface area contributed by atoms with E-state index >= 15 is 0 Å². The third kappa shape index (κ3) is 2.77. The van der Waals surface area contributed by atoms with Gasteiger partial charge in [-0.25, -0.2) is 0 Å². The fraction of sp³-hybridized carbons (Fsp3) is 0.909. The van der Waals surface area contributed by atoms with Gasteiger partial charge in [0.15, 0.2) is 5.79 Å². The van der Waals surface area contributed by atoms with Gasteiger partial charge in [0, 0.05) is 6.92 Å². The van der Waals surface area contributed by atoms with Crippen LogP contribution in [0.2, 0.25) is 0 Å². The van der Waals surface area contributed by atoms with Crippen LogP contribution in [0, 0.1) is 0 Å². The average molecular weight is 246 g/mol. The second-order valence-electron chi connectivity index (χ2n) is 4.81. The Morgan fingerprint density at radius 2 is 2.06 bits per heavy atom. The molecule has 6 heteroatoms. The molecule has 2 aliphatic heterocycles. The van der Waals surface area contributed by atoms with E-state index in [1.54, 1.807) is 13.8 Å². The topological polar surface area (TPSA) is 74.2 Å². The number of aliphatic hydroxyl groups excluding tert-OH is 1. The van der Waals surface area contributed by atoms with Crippen molar-refractivity contribution in [1.82, 2.24) is 0 Å². The van der Waals surface area contributed by atoms with Crippen LogP contribution >= 0.6 is 0 Å². The van der Waals surface area contributed by atoms with Gasteiger partial charge in [0.05, 0.1) is 6.61 Å². The minimum atomic E-state index is -0.752. The van der Waals surface area contributed by atoms with Gasteiger partial charge in [0.2, 0.25) is 0 Å². The van der Waals surface area contributed by atoms with Crippen LogP contribution in [0.4, 0.5) is 0 Å². The Morgan fingerprint density at radius 3 is 2.71 bits per heavy atom. The fourth-order valence-electron chi connectivity index (χ4n) is 2.16. The average Bonchev–Trinajstić information content (AvgIpc) is 2.53. The SMILES string of the molecule is CC(=O)OC[C@H]1OC[C@H](O)[C@H]2OC(C)(C)O[C@H]21. The summed E-state index contributed by atoms with van der Waals surface area (Å²) >= 11 is 0. The first kappa shape index (κ1) is 12.8. The molecule has 2 heterocycles. The van der Waals surface area contributed by atoms with E-state index in [1.807, 2.05) is 0 Å². The van der Waals surface area contributed by atoms with Gasteiger partial charge in [-0.15, -0.1) is 0 Å². The molecule has 0 bridgehead atoms. The zero-order valence-corrected chi connectivity index (χ0v) is 10.2. The molecule has 98 valence electrons. The van der Waals surface area contributed by atoms with E-state index < -0.39 is 30.2 Å². The van der Waals surface area contributed by atoms with Crippen molar-refractivity contribution >= 4 is 5.97 Å². The molecule has 2 fully saturated rings. The molecule has 0 amide bonds. The maximum absolute atomic E-state index is 10.8. The van der Waals surface area contributed by atoms with E-state index in [2.05, 4.69) is 0 Å². The lowest BCUT2D eigenvalue weighted by Crippen LogP contribution is -2.52. The first-order chi connectivity index (χ1) is 7.89. The van der Waals surface area contributed by atoms with Crippen LogP contribution in [0.1, 0.15) is 20.8 Å². The Bertz CT molecular complexity index is 302. The van der Waals surface area contributed by atoms with Gasteiger partial charge >= 0.3 is 5.97 Å². The van der Waals surface area contributed by atoms with Crippen molar-refractivity contribution in [1.29, 1.82) is 0 Å². The Balaban J connectivity index is 2.02. The molecule has 2 rings (SSSR count). The number of carbonyl (C=O) groups is 1. The molecule has 6 nitrogen and oxygen atoms in total. The highest BCUT2D eigenvalue weighted by Crippen LogP contribution is 2.35. The summed E-state index contributed by atoms with van der Waals surface area (Å²) in [6.45, 7) is 5.17. The predicted octanol–water partition coefficient (Wildman–Crippen LogP) is -0.171. The third-order valence-corrected chi connectivity index (χ3v) is 2.84. The van der Waals surface area contributed by atoms with Crippen molar-refractivity contribution in [2.24, 2.45) is 0 Å². The highest BCUT2D eigenvalue weighted by Gasteiger charge is 2.51. The number of hydrogen-bond acceptors (Lipinski definition) is 6. The number of esters is 1. The summed E-state index contributed by atoms with van der Waals surface area (Å²) in [4.78, 5) is 10.8. The predicted molar refractivity (Wildman–Crippen MR) is 56.2 cm³/mol. The van der Waals surface area contributed by atoms with Crippen LogP contribution in [0.5, 0.6) is 0 Å². The summed E-state index contributed by atoms with van der Waals surface area (Å²) < 4.78 is 21.6. The number of rotatable bonds is 2. The number of aliphatic hydroxyl groups is 1. The van der Waals surface area contributed by atoms with Crippen LogP contribution in [0.3, 0.4) is 0 Å². The molecule has 2 saturated heterocycles. The summed E-state index contributed by atoms with van der Waals surface area (Å²) in [5.41, 5.74) is 0. The Hall–Kier alpha value is -0.690. The maximum atomic E-state index is 10.8. The molecule has 0 radical (unpaired) electrons. The van der Waals surface area contributed by atoms with Gasteiger partial charge in [-0.2, -0.15) is 0 Å². The molecule has 2 aliphatic rings. The normalized spacial score (nSPS) is 39.8. The van der Waals surface area contributed by atoms with Gasteiger partial charge in [0.1, 0.15) is 31.0 Å². The zero-order valence-electron chi connectivity index (χ0n) is 10.2. The molecule has 0 aromatic heterocycles. The first-order valence-electron chi connectivity index (χ1n) is 5.68. The van der Waals surface area contributed by atoms with Crippen molar-refractivity contribution in [3.05, 3.63) is 0 Å². The Kier molecular flexibility index (Phi) is 3.40. The summed E-state index contributed by atoms with van der Waals surface area (Å²) in [5, 5.41) is 9.77. The summed E-state index contributed by atoms with van der Waals surface area (Å²) in [6.07, 6.45) is -1.95. The molecule has 0 saturated carbocycles. The lowest BCUT2D eigenvalue weighted by Gasteiger charge is -2.34. The molecule has 0 spiro atoms. The number of carbonyl (C=O) groups excluding carboxylic acids is 1. The largest absolute Gasteiger partial charge is 0.463 e. The van der Waals surface area contributed by atoms with Crippen molar-refractivity contribution in [3.63, 3.8) is 0 Å². The van der Waals surface area contributed by atoms with E-state index in [0.29, 0.717) is 0 Å². The lowest BCUT2D eigenvalue weighted by molar-refractivity contribution is -0.172. The van der Waals surface area contributed by atoms with Gasteiger partial charge in [-0.05, 0) is 13.8 Å². The van der Waals surface area contributed by atoms with Gasteiger partial charge in [-0.1, -0.05) is 0 Å². The summed E-state index contributed by atoms with van der Waals surface area (Å²) in [7, 11) is 0.